The monoisotopic (exact) mass is 155 g/mol. The fraction of sp³-hybridized carbons (Fsp3) is 0.800. The molecule has 1 nitrogen and oxygen atoms in total. The molecule has 1 N–H and O–H groups in total. The van der Waals surface area contributed by atoms with Crippen LogP contribution in [0.3, 0.4) is 0 Å². The molecule has 1 heteroatoms. The number of allylic oxidation sites excluding steroid dienone is 1. The topological polar surface area (TPSA) is 12.0 Å². The minimum Gasteiger partial charge on any atom is -0.315 e. The molecule has 0 aliphatic carbocycles. The molecule has 66 valence electrons. The van der Waals surface area contributed by atoms with Crippen LogP contribution in [0.5, 0.6) is 0 Å². The molecule has 0 rings (SSSR count). The third-order valence-electron chi connectivity index (χ3n) is 1.58. The molecule has 0 aromatic heterocycles. The van der Waals surface area contributed by atoms with Crippen LogP contribution < -0.4 is 5.32 Å². The first-order valence-electron chi connectivity index (χ1n) is 4.50. The Balaban J connectivity index is 2.97. The van der Waals surface area contributed by atoms with E-state index in [9.17, 15) is 0 Å². The van der Waals surface area contributed by atoms with E-state index in [1.165, 1.54) is 24.8 Å². The van der Waals surface area contributed by atoms with Gasteiger partial charge >= 0.3 is 0 Å². The number of unbranched alkanes of at least 4 members (excludes halogenated alkanes) is 1. The van der Waals surface area contributed by atoms with Gasteiger partial charge in [-0.25, -0.2) is 0 Å². The van der Waals surface area contributed by atoms with Crippen LogP contribution in [0, 0.1) is 0 Å². The molecular formula is C10H21N. The summed E-state index contributed by atoms with van der Waals surface area (Å²) < 4.78 is 0. The van der Waals surface area contributed by atoms with E-state index in [1.807, 2.05) is 0 Å². The van der Waals surface area contributed by atoms with Gasteiger partial charge in [0.2, 0.25) is 0 Å². The molecule has 0 fully saturated rings. The standard InChI is InChI=1S/C10H21N/c1-9(2)7-5-6-8-11-10(3)4/h10-11H,1,5-8H2,2-4H3. The molecule has 0 aliphatic rings. The highest BCUT2D eigenvalue weighted by Crippen LogP contribution is 2.02. The molecule has 0 radical (unpaired) electrons. The van der Waals surface area contributed by atoms with Crippen molar-refractivity contribution in [2.24, 2.45) is 0 Å². The molecule has 0 atom stereocenters. The van der Waals surface area contributed by atoms with Crippen LogP contribution in [0.1, 0.15) is 40.0 Å². The predicted molar refractivity (Wildman–Crippen MR) is 51.8 cm³/mol. The molecule has 0 aromatic rings. The average molecular weight is 155 g/mol. The summed E-state index contributed by atoms with van der Waals surface area (Å²) in [7, 11) is 0. The Hall–Kier alpha value is -0.300. The Bertz CT molecular complexity index is 105. The van der Waals surface area contributed by atoms with Crippen molar-refractivity contribution in [3.05, 3.63) is 12.2 Å². The maximum absolute atomic E-state index is 3.87. The number of hydrogen-bond acceptors (Lipinski definition) is 1. The van der Waals surface area contributed by atoms with Crippen molar-refractivity contribution in [2.45, 2.75) is 46.1 Å². The van der Waals surface area contributed by atoms with Crippen molar-refractivity contribution >= 4 is 0 Å². The maximum atomic E-state index is 3.87. The van der Waals surface area contributed by atoms with E-state index >= 15 is 0 Å². The molecule has 0 amide bonds. The van der Waals surface area contributed by atoms with Crippen LogP contribution in [0.15, 0.2) is 12.2 Å². The molecule has 0 unspecified atom stereocenters. The van der Waals surface area contributed by atoms with Crippen LogP contribution >= 0.6 is 0 Å². The zero-order valence-corrected chi connectivity index (χ0v) is 8.11. The lowest BCUT2D eigenvalue weighted by molar-refractivity contribution is 0.557. The van der Waals surface area contributed by atoms with Gasteiger partial charge in [0.25, 0.3) is 0 Å². The summed E-state index contributed by atoms with van der Waals surface area (Å²) in [6, 6.07) is 0.625. The molecule has 0 aromatic carbocycles. The Kier molecular flexibility index (Phi) is 6.24. The lowest BCUT2D eigenvalue weighted by Crippen LogP contribution is -2.23. The zero-order valence-electron chi connectivity index (χ0n) is 8.11. The fourth-order valence-corrected chi connectivity index (χ4v) is 0.943. The lowest BCUT2D eigenvalue weighted by atomic mass is 10.1. The first kappa shape index (κ1) is 10.7. The van der Waals surface area contributed by atoms with Gasteiger partial charge < -0.3 is 5.32 Å². The highest BCUT2D eigenvalue weighted by molar-refractivity contribution is 4.87. The van der Waals surface area contributed by atoms with Crippen LogP contribution in [-0.2, 0) is 0 Å². The molecule has 0 bridgehead atoms. The summed E-state index contributed by atoms with van der Waals surface area (Å²) in [4.78, 5) is 0. The normalized spacial score (nSPS) is 10.5. The van der Waals surface area contributed by atoms with Gasteiger partial charge in [-0.3, -0.25) is 0 Å². The summed E-state index contributed by atoms with van der Waals surface area (Å²) in [5, 5.41) is 3.39. The third kappa shape index (κ3) is 9.70. The third-order valence-corrected chi connectivity index (χ3v) is 1.58. The Morgan fingerprint density at radius 2 is 2.00 bits per heavy atom. The summed E-state index contributed by atoms with van der Waals surface area (Å²) in [6.07, 6.45) is 3.72. The lowest BCUT2D eigenvalue weighted by Gasteiger charge is -2.06. The predicted octanol–water partition coefficient (Wildman–Crippen LogP) is 2.73. The van der Waals surface area contributed by atoms with Gasteiger partial charge in [0.05, 0.1) is 0 Å². The highest BCUT2D eigenvalue weighted by Gasteiger charge is 1.91. The van der Waals surface area contributed by atoms with Crippen LogP contribution in [-0.4, -0.2) is 12.6 Å². The molecule has 0 aliphatic heterocycles. The van der Waals surface area contributed by atoms with Gasteiger partial charge in [-0.15, -0.1) is 6.58 Å². The van der Waals surface area contributed by atoms with E-state index in [1.54, 1.807) is 0 Å². The van der Waals surface area contributed by atoms with Gasteiger partial charge in [-0.05, 0) is 32.7 Å². The second kappa shape index (κ2) is 6.41. The highest BCUT2D eigenvalue weighted by atomic mass is 14.9. The summed E-state index contributed by atoms with van der Waals surface area (Å²) in [5.41, 5.74) is 1.30. The van der Waals surface area contributed by atoms with Crippen molar-refractivity contribution in [2.75, 3.05) is 6.54 Å². The summed E-state index contributed by atoms with van der Waals surface area (Å²) >= 11 is 0. The SMILES string of the molecule is C=C(C)CCCCNC(C)C. The van der Waals surface area contributed by atoms with E-state index in [0.29, 0.717) is 6.04 Å². The van der Waals surface area contributed by atoms with Crippen LogP contribution in [0.2, 0.25) is 0 Å². The van der Waals surface area contributed by atoms with Crippen molar-refractivity contribution in [3.63, 3.8) is 0 Å². The van der Waals surface area contributed by atoms with Gasteiger partial charge in [0, 0.05) is 6.04 Å². The summed E-state index contributed by atoms with van der Waals surface area (Å²) in [6.45, 7) is 11.5. The van der Waals surface area contributed by atoms with E-state index in [2.05, 4.69) is 32.7 Å². The second-order valence-corrected chi connectivity index (χ2v) is 3.52. The molecular weight excluding hydrogens is 134 g/mol. The van der Waals surface area contributed by atoms with Crippen LogP contribution in [0.4, 0.5) is 0 Å². The quantitative estimate of drug-likeness (QED) is 0.459. The van der Waals surface area contributed by atoms with Gasteiger partial charge in [-0.1, -0.05) is 19.4 Å². The first-order valence-corrected chi connectivity index (χ1v) is 4.50. The molecule has 0 saturated carbocycles. The molecule has 11 heavy (non-hydrogen) atoms. The largest absolute Gasteiger partial charge is 0.315 e. The second-order valence-electron chi connectivity index (χ2n) is 3.52. The molecule has 0 saturated heterocycles. The molecule has 0 spiro atoms. The number of hydrogen-bond donors (Lipinski definition) is 1. The average Bonchev–Trinajstić information content (AvgIpc) is 1.85. The van der Waals surface area contributed by atoms with E-state index in [4.69, 9.17) is 0 Å². The number of nitrogens with one attached hydrogen (secondary N) is 1. The van der Waals surface area contributed by atoms with E-state index in [-0.39, 0.29) is 0 Å². The fourth-order valence-electron chi connectivity index (χ4n) is 0.943. The Labute approximate surface area is 70.9 Å². The first-order chi connectivity index (χ1) is 5.13. The zero-order chi connectivity index (χ0) is 8.69. The van der Waals surface area contributed by atoms with E-state index < -0.39 is 0 Å². The Morgan fingerprint density at radius 3 is 2.45 bits per heavy atom. The summed E-state index contributed by atoms with van der Waals surface area (Å²) in [5.74, 6) is 0. The minimum absolute atomic E-state index is 0.625. The van der Waals surface area contributed by atoms with Crippen molar-refractivity contribution in [1.82, 2.24) is 5.32 Å². The van der Waals surface area contributed by atoms with Gasteiger partial charge in [-0.2, -0.15) is 0 Å². The van der Waals surface area contributed by atoms with Crippen molar-refractivity contribution < 1.29 is 0 Å². The van der Waals surface area contributed by atoms with Crippen molar-refractivity contribution in [3.8, 4) is 0 Å². The van der Waals surface area contributed by atoms with E-state index in [0.717, 1.165) is 6.54 Å². The smallest absolute Gasteiger partial charge is 0.00103 e. The molecule has 0 heterocycles. The maximum Gasteiger partial charge on any atom is 0.00103 e. The van der Waals surface area contributed by atoms with Gasteiger partial charge in [0.1, 0.15) is 0 Å². The minimum atomic E-state index is 0.625. The van der Waals surface area contributed by atoms with Crippen LogP contribution in [0.25, 0.3) is 0 Å². The van der Waals surface area contributed by atoms with Gasteiger partial charge in [0.15, 0.2) is 0 Å². The van der Waals surface area contributed by atoms with Crippen molar-refractivity contribution in [1.29, 1.82) is 0 Å². The Morgan fingerprint density at radius 1 is 1.36 bits per heavy atom. The number of rotatable bonds is 6.